The van der Waals surface area contributed by atoms with E-state index in [1.54, 1.807) is 19.0 Å². The van der Waals surface area contributed by atoms with Crippen molar-refractivity contribution in [1.82, 2.24) is 15.5 Å². The Morgan fingerprint density at radius 1 is 1.39 bits per heavy atom. The van der Waals surface area contributed by atoms with E-state index in [-0.39, 0.29) is 23.9 Å². The SMILES string of the molecule is C[C@H]1C[C@@H](C(=O)NCC(c2c(F)cccc2F)N(C)C)CCN1. The number of benzene rings is 1. The molecule has 1 aliphatic heterocycles. The summed E-state index contributed by atoms with van der Waals surface area (Å²) in [7, 11) is 3.49. The van der Waals surface area contributed by atoms with E-state index in [9.17, 15) is 13.6 Å². The Bertz CT molecular complexity index is 530. The van der Waals surface area contributed by atoms with Gasteiger partial charge in [0.1, 0.15) is 11.6 Å². The second-order valence-corrected chi connectivity index (χ2v) is 6.44. The molecule has 128 valence electrons. The normalized spacial score (nSPS) is 22.9. The molecule has 0 bridgehead atoms. The Kier molecular flexibility index (Phi) is 6.07. The summed E-state index contributed by atoms with van der Waals surface area (Å²) >= 11 is 0. The fourth-order valence-electron chi connectivity index (χ4n) is 3.08. The predicted molar refractivity (Wildman–Crippen MR) is 86.0 cm³/mol. The average molecular weight is 325 g/mol. The molecule has 2 N–H and O–H groups in total. The van der Waals surface area contributed by atoms with Crippen molar-refractivity contribution in [3.63, 3.8) is 0 Å². The number of nitrogens with zero attached hydrogens (tertiary/aromatic N) is 1. The number of amides is 1. The topological polar surface area (TPSA) is 44.4 Å². The van der Waals surface area contributed by atoms with Gasteiger partial charge < -0.3 is 15.5 Å². The molecule has 23 heavy (non-hydrogen) atoms. The van der Waals surface area contributed by atoms with E-state index in [4.69, 9.17) is 0 Å². The molecular formula is C17H25F2N3O. The van der Waals surface area contributed by atoms with E-state index >= 15 is 0 Å². The van der Waals surface area contributed by atoms with Gasteiger partial charge in [0.05, 0.1) is 6.04 Å². The van der Waals surface area contributed by atoms with Gasteiger partial charge in [0.15, 0.2) is 0 Å². The van der Waals surface area contributed by atoms with Crippen LogP contribution in [0.25, 0.3) is 0 Å². The summed E-state index contributed by atoms with van der Waals surface area (Å²) in [6, 6.07) is 3.60. The number of rotatable bonds is 5. The van der Waals surface area contributed by atoms with Crippen molar-refractivity contribution < 1.29 is 13.6 Å². The van der Waals surface area contributed by atoms with Crippen molar-refractivity contribution in [3.8, 4) is 0 Å². The second-order valence-electron chi connectivity index (χ2n) is 6.44. The molecular weight excluding hydrogens is 300 g/mol. The fourth-order valence-corrected chi connectivity index (χ4v) is 3.08. The second kappa shape index (κ2) is 7.84. The molecule has 1 saturated heterocycles. The molecule has 0 aliphatic carbocycles. The zero-order valence-electron chi connectivity index (χ0n) is 13.9. The van der Waals surface area contributed by atoms with Gasteiger partial charge >= 0.3 is 0 Å². The molecule has 1 amide bonds. The van der Waals surface area contributed by atoms with Crippen LogP contribution in [0.5, 0.6) is 0 Å². The van der Waals surface area contributed by atoms with Crippen molar-refractivity contribution in [2.75, 3.05) is 27.2 Å². The highest BCUT2D eigenvalue weighted by Gasteiger charge is 2.27. The molecule has 1 aromatic rings. The smallest absolute Gasteiger partial charge is 0.223 e. The molecule has 4 nitrogen and oxygen atoms in total. The minimum Gasteiger partial charge on any atom is -0.354 e. The molecule has 6 heteroatoms. The van der Waals surface area contributed by atoms with Crippen molar-refractivity contribution in [3.05, 3.63) is 35.4 Å². The molecule has 0 spiro atoms. The predicted octanol–water partition coefficient (Wildman–Crippen LogP) is 2.07. The third-order valence-corrected chi connectivity index (χ3v) is 4.42. The minimum absolute atomic E-state index is 0.00326. The van der Waals surface area contributed by atoms with Gasteiger partial charge in [0, 0.05) is 24.1 Å². The maximum atomic E-state index is 14.0. The Balaban J connectivity index is 2.04. The molecule has 1 fully saturated rings. The van der Waals surface area contributed by atoms with Crippen molar-refractivity contribution in [2.45, 2.75) is 31.8 Å². The molecule has 1 heterocycles. The lowest BCUT2D eigenvalue weighted by Gasteiger charge is -2.29. The van der Waals surface area contributed by atoms with E-state index in [1.165, 1.54) is 18.2 Å². The Morgan fingerprint density at radius 2 is 2.04 bits per heavy atom. The standard InChI is InChI=1S/C17H25F2N3O/c1-11-9-12(7-8-20-11)17(23)21-10-15(22(2)3)16-13(18)5-4-6-14(16)19/h4-6,11-12,15,20H,7-10H2,1-3H3,(H,21,23)/t11-,12-,15?/m0/s1. The summed E-state index contributed by atoms with van der Waals surface area (Å²) in [6.45, 7) is 3.05. The lowest BCUT2D eigenvalue weighted by Crippen LogP contribution is -2.44. The van der Waals surface area contributed by atoms with Gasteiger partial charge in [-0.3, -0.25) is 4.79 Å². The summed E-state index contributed by atoms with van der Waals surface area (Å²) < 4.78 is 28.0. The lowest BCUT2D eigenvalue weighted by molar-refractivity contribution is -0.126. The number of halogens is 2. The summed E-state index contributed by atoms with van der Waals surface area (Å²) in [5, 5.41) is 6.17. The number of hydrogen-bond donors (Lipinski definition) is 2. The average Bonchev–Trinajstić information content (AvgIpc) is 2.49. The number of piperidine rings is 1. The summed E-state index contributed by atoms with van der Waals surface area (Å²) in [5.41, 5.74) is -0.00326. The zero-order chi connectivity index (χ0) is 17.0. The van der Waals surface area contributed by atoms with Crippen LogP contribution in [0.3, 0.4) is 0 Å². The molecule has 2 rings (SSSR count). The van der Waals surface area contributed by atoms with Crippen LogP contribution in [-0.2, 0) is 4.79 Å². The molecule has 0 aromatic heterocycles. The van der Waals surface area contributed by atoms with Gasteiger partial charge in [-0.2, -0.15) is 0 Å². The van der Waals surface area contributed by atoms with Crippen LogP contribution in [0, 0.1) is 17.6 Å². The third-order valence-electron chi connectivity index (χ3n) is 4.42. The van der Waals surface area contributed by atoms with E-state index in [0.717, 1.165) is 19.4 Å². The fraction of sp³-hybridized carbons (Fsp3) is 0.588. The Hall–Kier alpha value is -1.53. The highest BCUT2D eigenvalue weighted by atomic mass is 19.1. The van der Waals surface area contributed by atoms with Crippen LogP contribution in [0.2, 0.25) is 0 Å². The summed E-state index contributed by atoms with van der Waals surface area (Å²) in [4.78, 5) is 14.0. The quantitative estimate of drug-likeness (QED) is 0.871. The van der Waals surface area contributed by atoms with Gasteiger partial charge in [0.2, 0.25) is 5.91 Å². The largest absolute Gasteiger partial charge is 0.354 e. The van der Waals surface area contributed by atoms with Gasteiger partial charge in [-0.15, -0.1) is 0 Å². The number of likely N-dealkylation sites (N-methyl/N-ethyl adjacent to an activating group) is 1. The van der Waals surface area contributed by atoms with Crippen LogP contribution in [0.4, 0.5) is 8.78 Å². The van der Waals surface area contributed by atoms with E-state index in [0.29, 0.717) is 6.04 Å². The Labute approximate surface area is 136 Å². The van der Waals surface area contributed by atoms with Crippen LogP contribution < -0.4 is 10.6 Å². The number of nitrogens with one attached hydrogen (secondary N) is 2. The molecule has 3 atom stereocenters. The molecule has 1 aromatic carbocycles. The van der Waals surface area contributed by atoms with Crippen LogP contribution in [0.15, 0.2) is 18.2 Å². The highest BCUT2D eigenvalue weighted by Crippen LogP contribution is 2.24. The molecule has 1 unspecified atom stereocenters. The first-order valence-electron chi connectivity index (χ1n) is 8.01. The highest BCUT2D eigenvalue weighted by molar-refractivity contribution is 5.78. The molecule has 0 saturated carbocycles. The number of carbonyl (C=O) groups excluding carboxylic acids is 1. The van der Waals surface area contributed by atoms with Crippen LogP contribution in [-0.4, -0.2) is 44.0 Å². The molecule has 1 aliphatic rings. The monoisotopic (exact) mass is 325 g/mol. The van der Waals surface area contributed by atoms with Gasteiger partial charge in [-0.25, -0.2) is 8.78 Å². The van der Waals surface area contributed by atoms with Gasteiger partial charge in [0.25, 0.3) is 0 Å². The van der Waals surface area contributed by atoms with Gasteiger partial charge in [-0.05, 0) is 52.5 Å². The zero-order valence-corrected chi connectivity index (χ0v) is 13.9. The number of hydrogen-bond acceptors (Lipinski definition) is 3. The summed E-state index contributed by atoms with van der Waals surface area (Å²) in [6.07, 6.45) is 1.57. The maximum absolute atomic E-state index is 14.0. The first-order chi connectivity index (χ1) is 10.9. The first-order valence-corrected chi connectivity index (χ1v) is 8.01. The van der Waals surface area contributed by atoms with Crippen LogP contribution in [0.1, 0.15) is 31.4 Å². The van der Waals surface area contributed by atoms with Gasteiger partial charge in [-0.1, -0.05) is 6.07 Å². The molecule has 0 radical (unpaired) electrons. The Morgan fingerprint density at radius 3 is 2.61 bits per heavy atom. The van der Waals surface area contributed by atoms with Crippen LogP contribution >= 0.6 is 0 Å². The third kappa shape index (κ3) is 4.48. The number of carbonyl (C=O) groups is 1. The van der Waals surface area contributed by atoms with Crippen molar-refractivity contribution in [2.24, 2.45) is 5.92 Å². The van der Waals surface area contributed by atoms with Crippen molar-refractivity contribution >= 4 is 5.91 Å². The maximum Gasteiger partial charge on any atom is 0.223 e. The van der Waals surface area contributed by atoms with E-state index < -0.39 is 17.7 Å². The minimum atomic E-state index is -0.589. The van der Waals surface area contributed by atoms with E-state index in [2.05, 4.69) is 17.6 Å². The summed E-state index contributed by atoms with van der Waals surface area (Å²) in [5.74, 6) is -1.26. The first kappa shape index (κ1) is 17.8. The van der Waals surface area contributed by atoms with E-state index in [1.807, 2.05) is 0 Å². The lowest BCUT2D eigenvalue weighted by atomic mass is 9.92. The van der Waals surface area contributed by atoms with Crippen molar-refractivity contribution in [1.29, 1.82) is 0 Å².